The van der Waals surface area contributed by atoms with Crippen molar-refractivity contribution in [3.63, 3.8) is 0 Å². The molecule has 5 nitrogen and oxygen atoms in total. The number of benzene rings is 1. The van der Waals surface area contributed by atoms with Gasteiger partial charge in [0, 0.05) is 10.7 Å². The maximum atomic E-state index is 12.5. The normalized spacial score (nSPS) is 17.3. The van der Waals surface area contributed by atoms with E-state index in [2.05, 4.69) is 17.6 Å². The molecule has 24 heavy (non-hydrogen) atoms. The summed E-state index contributed by atoms with van der Waals surface area (Å²) in [5.74, 6) is -0.429. The maximum Gasteiger partial charge on any atom is 0.338 e. The number of carbonyl (C=O) groups excluding carboxylic acids is 2. The SMILES string of the molecule is CCCCCCOC(=O)C1=C(C)NC(=O)N[C@@H]1c1ccccc1Cl. The summed E-state index contributed by atoms with van der Waals surface area (Å²) in [6.45, 7) is 4.19. The minimum Gasteiger partial charge on any atom is -0.462 e. The molecule has 2 rings (SSSR count). The first-order chi connectivity index (χ1) is 11.5. The number of nitrogens with one attached hydrogen (secondary N) is 2. The summed E-state index contributed by atoms with van der Waals surface area (Å²) in [7, 11) is 0. The van der Waals surface area contributed by atoms with Gasteiger partial charge in [-0.3, -0.25) is 0 Å². The molecular weight excluding hydrogens is 328 g/mol. The molecule has 0 aliphatic carbocycles. The maximum absolute atomic E-state index is 12.5. The Morgan fingerprint density at radius 2 is 2.00 bits per heavy atom. The van der Waals surface area contributed by atoms with Crippen LogP contribution in [-0.4, -0.2) is 18.6 Å². The van der Waals surface area contributed by atoms with Gasteiger partial charge in [-0.25, -0.2) is 9.59 Å². The lowest BCUT2D eigenvalue weighted by molar-refractivity contribution is -0.139. The zero-order valence-corrected chi connectivity index (χ0v) is 14.8. The zero-order chi connectivity index (χ0) is 17.5. The van der Waals surface area contributed by atoms with E-state index in [4.69, 9.17) is 16.3 Å². The summed E-state index contributed by atoms with van der Waals surface area (Å²) >= 11 is 6.24. The van der Waals surface area contributed by atoms with Gasteiger partial charge in [0.25, 0.3) is 0 Å². The number of hydrogen-bond acceptors (Lipinski definition) is 3. The molecule has 0 spiro atoms. The number of allylic oxidation sites excluding steroid dienone is 1. The van der Waals surface area contributed by atoms with Crippen LogP contribution in [0.4, 0.5) is 4.79 Å². The van der Waals surface area contributed by atoms with Crippen LogP contribution in [0.5, 0.6) is 0 Å². The number of carbonyl (C=O) groups is 2. The van der Waals surface area contributed by atoms with Gasteiger partial charge in [0.15, 0.2) is 0 Å². The van der Waals surface area contributed by atoms with Gasteiger partial charge in [-0.1, -0.05) is 56.0 Å². The molecular formula is C18H23ClN2O3. The first-order valence-electron chi connectivity index (χ1n) is 8.24. The average molecular weight is 351 g/mol. The second kappa shape index (κ2) is 8.73. The van der Waals surface area contributed by atoms with E-state index in [1.54, 1.807) is 25.1 Å². The molecule has 1 aromatic carbocycles. The van der Waals surface area contributed by atoms with Crippen molar-refractivity contribution >= 4 is 23.6 Å². The number of amides is 2. The third-order valence-corrected chi connectivity index (χ3v) is 4.28. The number of rotatable bonds is 7. The molecule has 1 aliphatic rings. The molecule has 0 saturated carbocycles. The molecule has 1 heterocycles. The molecule has 2 N–H and O–H groups in total. The molecule has 0 radical (unpaired) electrons. The number of urea groups is 1. The predicted molar refractivity (Wildman–Crippen MR) is 93.7 cm³/mol. The van der Waals surface area contributed by atoms with Gasteiger partial charge in [-0.05, 0) is 25.0 Å². The average Bonchev–Trinajstić information content (AvgIpc) is 2.54. The van der Waals surface area contributed by atoms with Crippen molar-refractivity contribution in [3.05, 3.63) is 46.1 Å². The minimum absolute atomic E-state index is 0.364. The van der Waals surface area contributed by atoms with Crippen LogP contribution >= 0.6 is 11.6 Å². The molecule has 0 aromatic heterocycles. The first-order valence-corrected chi connectivity index (χ1v) is 8.62. The number of ether oxygens (including phenoxy) is 1. The summed E-state index contributed by atoms with van der Waals surface area (Å²) in [6.07, 6.45) is 4.12. The Morgan fingerprint density at radius 1 is 1.25 bits per heavy atom. The van der Waals surface area contributed by atoms with Crippen molar-refractivity contribution in [3.8, 4) is 0 Å². The summed E-state index contributed by atoms with van der Waals surface area (Å²) in [4.78, 5) is 24.3. The number of unbranched alkanes of at least 4 members (excludes halogenated alkanes) is 3. The van der Waals surface area contributed by atoms with Crippen molar-refractivity contribution in [1.29, 1.82) is 0 Å². The van der Waals surface area contributed by atoms with Gasteiger partial charge in [0.05, 0.1) is 18.2 Å². The van der Waals surface area contributed by atoms with Crippen LogP contribution in [0.25, 0.3) is 0 Å². The lowest BCUT2D eigenvalue weighted by atomic mass is 9.95. The van der Waals surface area contributed by atoms with Crippen LogP contribution < -0.4 is 10.6 Å². The smallest absolute Gasteiger partial charge is 0.338 e. The summed E-state index contributed by atoms with van der Waals surface area (Å²) < 4.78 is 5.39. The zero-order valence-electron chi connectivity index (χ0n) is 14.0. The van der Waals surface area contributed by atoms with E-state index in [0.29, 0.717) is 28.5 Å². The van der Waals surface area contributed by atoms with Crippen LogP contribution in [0.15, 0.2) is 35.5 Å². The van der Waals surface area contributed by atoms with Crippen LogP contribution in [0.3, 0.4) is 0 Å². The fourth-order valence-corrected chi connectivity index (χ4v) is 2.92. The Balaban J connectivity index is 2.17. The molecule has 2 amide bonds. The molecule has 1 aromatic rings. The minimum atomic E-state index is -0.615. The van der Waals surface area contributed by atoms with Crippen molar-refractivity contribution in [1.82, 2.24) is 10.6 Å². The highest BCUT2D eigenvalue weighted by Crippen LogP contribution is 2.31. The van der Waals surface area contributed by atoms with Gasteiger partial charge in [-0.15, -0.1) is 0 Å². The summed E-state index contributed by atoms with van der Waals surface area (Å²) in [5.41, 5.74) is 1.55. The summed E-state index contributed by atoms with van der Waals surface area (Å²) in [5, 5.41) is 5.87. The standard InChI is InChI=1S/C18H23ClN2O3/c1-3-4-5-8-11-24-17(22)15-12(2)20-18(23)21-16(15)13-9-6-7-10-14(13)19/h6-7,9-10,16H,3-5,8,11H2,1-2H3,(H2,20,21,23)/t16-/m1/s1. The second-order valence-electron chi connectivity index (χ2n) is 5.79. The van der Waals surface area contributed by atoms with Crippen molar-refractivity contribution in [2.24, 2.45) is 0 Å². The molecule has 1 atom stereocenters. The second-order valence-corrected chi connectivity index (χ2v) is 6.20. The fraction of sp³-hybridized carbons (Fsp3) is 0.444. The van der Waals surface area contributed by atoms with E-state index < -0.39 is 12.0 Å². The van der Waals surface area contributed by atoms with E-state index in [-0.39, 0.29) is 6.03 Å². The molecule has 0 bridgehead atoms. The quantitative estimate of drug-likeness (QED) is 0.575. The highest BCUT2D eigenvalue weighted by atomic mass is 35.5. The third-order valence-electron chi connectivity index (χ3n) is 3.94. The molecule has 0 unspecified atom stereocenters. The molecule has 1 aliphatic heterocycles. The number of esters is 1. The predicted octanol–water partition coefficient (Wildman–Crippen LogP) is 4.09. The first kappa shape index (κ1) is 18.3. The van der Waals surface area contributed by atoms with E-state index in [1.807, 2.05) is 6.07 Å². The van der Waals surface area contributed by atoms with Crippen molar-refractivity contribution in [2.45, 2.75) is 45.6 Å². The van der Waals surface area contributed by atoms with E-state index in [0.717, 1.165) is 25.7 Å². The highest BCUT2D eigenvalue weighted by Gasteiger charge is 2.33. The van der Waals surface area contributed by atoms with Gasteiger partial charge in [0.1, 0.15) is 0 Å². The highest BCUT2D eigenvalue weighted by molar-refractivity contribution is 6.31. The van der Waals surface area contributed by atoms with Crippen LogP contribution in [-0.2, 0) is 9.53 Å². The number of halogens is 1. The van der Waals surface area contributed by atoms with Gasteiger partial charge in [-0.2, -0.15) is 0 Å². The number of hydrogen-bond donors (Lipinski definition) is 2. The molecule has 6 heteroatoms. The molecule has 0 saturated heterocycles. The Bertz CT molecular complexity index is 643. The van der Waals surface area contributed by atoms with E-state index in [9.17, 15) is 9.59 Å². The van der Waals surface area contributed by atoms with Crippen LogP contribution in [0.2, 0.25) is 5.02 Å². The monoisotopic (exact) mass is 350 g/mol. The lowest BCUT2D eigenvalue weighted by Gasteiger charge is -2.28. The Morgan fingerprint density at radius 3 is 2.71 bits per heavy atom. The summed E-state index contributed by atoms with van der Waals surface area (Å²) in [6, 6.07) is 6.16. The molecule has 0 fully saturated rings. The van der Waals surface area contributed by atoms with Gasteiger partial charge >= 0.3 is 12.0 Å². The van der Waals surface area contributed by atoms with E-state index >= 15 is 0 Å². The topological polar surface area (TPSA) is 67.4 Å². The Kier molecular flexibility index (Phi) is 6.67. The molecule has 130 valence electrons. The van der Waals surface area contributed by atoms with Gasteiger partial charge in [0.2, 0.25) is 0 Å². The van der Waals surface area contributed by atoms with Crippen LogP contribution in [0.1, 0.15) is 51.1 Å². The third kappa shape index (κ3) is 4.51. The van der Waals surface area contributed by atoms with Gasteiger partial charge < -0.3 is 15.4 Å². The fourth-order valence-electron chi connectivity index (χ4n) is 2.68. The van der Waals surface area contributed by atoms with E-state index in [1.165, 1.54) is 0 Å². The lowest BCUT2D eigenvalue weighted by Crippen LogP contribution is -2.45. The Hall–Kier alpha value is -2.01. The largest absolute Gasteiger partial charge is 0.462 e. The van der Waals surface area contributed by atoms with Crippen LogP contribution in [0, 0.1) is 0 Å². The Labute approximate surface area is 147 Å². The van der Waals surface area contributed by atoms with Crippen molar-refractivity contribution in [2.75, 3.05) is 6.61 Å². The van der Waals surface area contributed by atoms with Crippen molar-refractivity contribution < 1.29 is 14.3 Å².